The highest BCUT2D eigenvalue weighted by atomic mass is 33.1. The van der Waals surface area contributed by atoms with Crippen LogP contribution in [0.3, 0.4) is 0 Å². The number of hydrogen-bond donors (Lipinski definition) is 2. The summed E-state index contributed by atoms with van der Waals surface area (Å²) in [6.45, 7) is 7.99. The lowest BCUT2D eigenvalue weighted by Crippen LogP contribution is -2.41. The van der Waals surface area contributed by atoms with Gasteiger partial charge in [-0.15, -0.1) is 0 Å². The minimum absolute atomic E-state index is 0.00962. The quantitative estimate of drug-likeness (QED) is 0.0720. The van der Waals surface area contributed by atoms with Gasteiger partial charge in [0.25, 0.3) is 0 Å². The number of phenols is 1. The molecule has 2 N–H and O–H groups in total. The Morgan fingerprint density at radius 1 is 0.816 bits per heavy atom. The van der Waals surface area contributed by atoms with Gasteiger partial charge >= 0.3 is 19.1 Å². The summed E-state index contributed by atoms with van der Waals surface area (Å²) in [4.78, 5) is 38.2. The number of phenolic OH excluding ortho intramolecular Hbond substituents is 1. The maximum Gasteiger partial charge on any atom is 0.494 e. The molecule has 1 atom stereocenters. The highest BCUT2D eigenvalue weighted by molar-refractivity contribution is 8.77. The van der Waals surface area contributed by atoms with Crippen molar-refractivity contribution in [3.8, 4) is 23.0 Å². The fourth-order valence-corrected chi connectivity index (χ4v) is 7.57. The number of rotatable bonds is 8. The van der Waals surface area contributed by atoms with Gasteiger partial charge in [-0.05, 0) is 75.6 Å². The number of aromatic hydroxyl groups is 1. The first-order valence-electron chi connectivity index (χ1n) is 15.6. The Bertz CT molecular complexity index is 1970. The summed E-state index contributed by atoms with van der Waals surface area (Å²) in [5.41, 5.74) is 1.53. The van der Waals surface area contributed by atoms with Gasteiger partial charge in [0.2, 0.25) is 5.91 Å². The number of hydrogen-bond acceptors (Lipinski definition) is 11. The Morgan fingerprint density at radius 2 is 1.47 bits per heavy atom. The second-order valence-corrected chi connectivity index (χ2v) is 15.3. The van der Waals surface area contributed by atoms with Crippen LogP contribution < -0.4 is 20.3 Å². The molecule has 1 saturated heterocycles. The molecule has 3 aliphatic rings. The zero-order valence-corrected chi connectivity index (χ0v) is 28.7. The van der Waals surface area contributed by atoms with Gasteiger partial charge in [0.05, 0.1) is 22.5 Å². The molecule has 49 heavy (non-hydrogen) atoms. The second kappa shape index (κ2) is 12.5. The molecule has 1 spiro atoms. The molecule has 250 valence electrons. The van der Waals surface area contributed by atoms with Crippen molar-refractivity contribution in [2.24, 2.45) is 0 Å². The smallest absolute Gasteiger partial charge is 0.494 e. The van der Waals surface area contributed by atoms with E-state index in [4.69, 9.17) is 23.5 Å². The average molecular weight is 698 g/mol. The molecule has 0 bridgehead atoms. The third-order valence-electron chi connectivity index (χ3n) is 9.07. The molecule has 1 unspecified atom stereocenters. The van der Waals surface area contributed by atoms with Gasteiger partial charge in [0.1, 0.15) is 28.8 Å². The molecular weight excluding hydrogens is 665 g/mol. The Balaban J connectivity index is 0.944. The van der Waals surface area contributed by atoms with Crippen LogP contribution in [0.2, 0.25) is 0 Å². The van der Waals surface area contributed by atoms with E-state index >= 15 is 0 Å². The molecule has 4 aromatic rings. The van der Waals surface area contributed by atoms with Crippen molar-refractivity contribution in [1.29, 1.82) is 0 Å². The molecule has 7 rings (SSSR count). The number of benzene rings is 4. The van der Waals surface area contributed by atoms with Gasteiger partial charge in [0, 0.05) is 34.5 Å². The van der Waals surface area contributed by atoms with Crippen molar-refractivity contribution >= 4 is 57.7 Å². The Hall–Kier alpha value is -4.43. The van der Waals surface area contributed by atoms with E-state index < -0.39 is 35.9 Å². The van der Waals surface area contributed by atoms with Crippen molar-refractivity contribution in [1.82, 2.24) is 0 Å². The summed E-state index contributed by atoms with van der Waals surface area (Å²) in [7, 11) is 1.95. The van der Waals surface area contributed by atoms with Gasteiger partial charge in [-0.1, -0.05) is 51.9 Å². The van der Waals surface area contributed by atoms with Crippen LogP contribution in [0.1, 0.15) is 54.7 Å². The van der Waals surface area contributed by atoms with Crippen molar-refractivity contribution in [3.05, 3.63) is 107 Å². The van der Waals surface area contributed by atoms with Crippen molar-refractivity contribution in [2.75, 3.05) is 16.8 Å². The Morgan fingerprint density at radius 3 is 2.20 bits per heavy atom. The van der Waals surface area contributed by atoms with Crippen LogP contribution in [0.25, 0.3) is 0 Å². The number of nitrogens with one attached hydrogen (secondary N) is 1. The van der Waals surface area contributed by atoms with Crippen LogP contribution in [-0.4, -0.2) is 52.8 Å². The van der Waals surface area contributed by atoms with Crippen LogP contribution in [0, 0.1) is 0 Å². The van der Waals surface area contributed by atoms with E-state index in [1.54, 1.807) is 48.5 Å². The number of amides is 1. The molecule has 1 fully saturated rings. The maximum absolute atomic E-state index is 13.0. The Kier molecular flexibility index (Phi) is 8.42. The molecule has 0 aliphatic carbocycles. The first-order chi connectivity index (χ1) is 23.4. The third-order valence-corrected chi connectivity index (χ3v) is 11.2. The number of carbonyl (C=O) groups excluding carboxylic acids is 3. The molecule has 0 saturated carbocycles. The minimum Gasteiger partial charge on any atom is -0.508 e. The van der Waals surface area contributed by atoms with E-state index in [2.05, 4.69) is 5.32 Å². The van der Waals surface area contributed by atoms with E-state index in [0.717, 1.165) is 5.46 Å². The fourth-order valence-electron chi connectivity index (χ4n) is 5.95. The average Bonchev–Trinajstić information content (AvgIpc) is 3.47. The number of anilines is 1. The first kappa shape index (κ1) is 33.1. The molecule has 0 aromatic heterocycles. The maximum atomic E-state index is 13.0. The first-order valence-corrected chi connectivity index (χ1v) is 18.0. The number of ether oxygens (including phenoxy) is 3. The van der Waals surface area contributed by atoms with E-state index in [0.29, 0.717) is 39.4 Å². The summed E-state index contributed by atoms with van der Waals surface area (Å²) in [6.07, 6.45) is 0. The molecular formula is C36H32BNO9S2. The summed E-state index contributed by atoms with van der Waals surface area (Å²) in [5, 5.41) is 13.0. The predicted octanol–water partition coefficient (Wildman–Crippen LogP) is 6.18. The van der Waals surface area contributed by atoms with Gasteiger partial charge in [-0.25, -0.2) is 4.79 Å². The van der Waals surface area contributed by atoms with Gasteiger partial charge in [-0.3, -0.25) is 9.59 Å². The van der Waals surface area contributed by atoms with Crippen LogP contribution in [0.5, 0.6) is 23.0 Å². The van der Waals surface area contributed by atoms with Crippen LogP contribution >= 0.6 is 21.6 Å². The molecule has 0 radical (unpaired) electrons. The molecule has 3 heterocycles. The third kappa shape index (κ3) is 6.05. The predicted molar refractivity (Wildman–Crippen MR) is 188 cm³/mol. The van der Waals surface area contributed by atoms with Gasteiger partial charge in [-0.2, -0.15) is 0 Å². The molecule has 10 nitrogen and oxygen atoms in total. The highest BCUT2D eigenvalue weighted by Gasteiger charge is 2.54. The number of fused-ring (bicyclic) bond motifs is 6. The second-order valence-electron chi connectivity index (χ2n) is 12.8. The molecule has 13 heteroatoms. The normalized spacial score (nSPS) is 19.3. The lowest BCUT2D eigenvalue weighted by Gasteiger charge is -2.36. The minimum atomic E-state index is -1.30. The summed E-state index contributed by atoms with van der Waals surface area (Å²) in [6, 6.07) is 24.0. The van der Waals surface area contributed by atoms with Gasteiger partial charge in [0.15, 0.2) is 5.60 Å². The van der Waals surface area contributed by atoms with E-state index in [1.807, 2.05) is 52.0 Å². The fraction of sp³-hybridized carbons (Fsp3) is 0.250. The zero-order valence-electron chi connectivity index (χ0n) is 27.1. The van der Waals surface area contributed by atoms with E-state index in [1.165, 1.54) is 33.7 Å². The summed E-state index contributed by atoms with van der Waals surface area (Å²) >= 11 is 0. The highest BCUT2D eigenvalue weighted by Crippen LogP contribution is 2.57. The van der Waals surface area contributed by atoms with E-state index in [9.17, 15) is 19.5 Å². The van der Waals surface area contributed by atoms with Crippen LogP contribution in [0.4, 0.5) is 5.69 Å². The number of esters is 2. The topological polar surface area (TPSA) is 130 Å². The standard InChI is InChI=1S/C36H32BNO9S2/c1-34(2)35(3,4)47-37(46-34)21-9-11-22(12-10-21)38-31(40)19-48-49-20-32(41)43-24-14-16-28-30(18-24)44-29-17-23(39)13-15-27(29)36(28)26-8-6-5-7-25(26)33(42)45-36/h5-18,39H,19-20H2,1-4H3,(H,38,40). The Labute approximate surface area is 291 Å². The summed E-state index contributed by atoms with van der Waals surface area (Å²) in [5.74, 6) is -0.251. The zero-order chi connectivity index (χ0) is 34.6. The van der Waals surface area contributed by atoms with E-state index in [-0.39, 0.29) is 28.9 Å². The number of carbonyl (C=O) groups is 3. The van der Waals surface area contributed by atoms with Crippen LogP contribution in [-0.2, 0) is 29.2 Å². The SMILES string of the molecule is CC1(C)OB(c2ccc(NC(=O)CSSCC(=O)Oc3ccc4c(c3)Oc3cc(O)ccc3C43OC(=O)c4ccccc43)cc2)OC1(C)C. The molecule has 1 amide bonds. The van der Waals surface area contributed by atoms with Crippen molar-refractivity contribution < 1.29 is 43.0 Å². The summed E-state index contributed by atoms with van der Waals surface area (Å²) < 4.78 is 30.0. The monoisotopic (exact) mass is 697 g/mol. The van der Waals surface area contributed by atoms with Crippen molar-refractivity contribution in [3.63, 3.8) is 0 Å². The molecule has 3 aliphatic heterocycles. The largest absolute Gasteiger partial charge is 0.508 e. The van der Waals surface area contributed by atoms with Gasteiger partial charge < -0.3 is 33.9 Å². The van der Waals surface area contributed by atoms with Crippen LogP contribution in [0.15, 0.2) is 84.9 Å². The molecule has 4 aromatic carbocycles. The lowest BCUT2D eigenvalue weighted by molar-refractivity contribution is -0.131. The van der Waals surface area contributed by atoms with Crippen molar-refractivity contribution in [2.45, 2.75) is 44.5 Å². The lowest BCUT2D eigenvalue weighted by atomic mass is 9.77.